The number of carbonyl (C=O) groups excluding carboxylic acids is 1. The Morgan fingerprint density at radius 3 is 2.80 bits per heavy atom. The molecule has 8 heteroatoms. The molecular formula is C17H14ClN5O2. The summed E-state index contributed by atoms with van der Waals surface area (Å²) in [6.45, 7) is 0.840. The third kappa shape index (κ3) is 3.04. The molecular weight excluding hydrogens is 342 g/mol. The fourth-order valence-corrected chi connectivity index (χ4v) is 2.98. The lowest BCUT2D eigenvalue weighted by Crippen LogP contribution is -2.30. The van der Waals surface area contributed by atoms with Gasteiger partial charge in [-0.15, -0.1) is 0 Å². The summed E-state index contributed by atoms with van der Waals surface area (Å²) < 4.78 is 0. The SMILES string of the molecule is O=C(c1cnc2cncc(-c3ccc(Cl)nc3)c2n1)N1CCC(O)C1. The van der Waals surface area contributed by atoms with Gasteiger partial charge in [0.1, 0.15) is 21.9 Å². The number of aliphatic hydroxyl groups is 1. The Hall–Kier alpha value is -2.64. The number of nitrogens with zero attached hydrogens (tertiary/aromatic N) is 5. The highest BCUT2D eigenvalue weighted by Crippen LogP contribution is 2.26. The minimum atomic E-state index is -0.475. The standard InChI is InChI=1S/C17H14ClN5O2/c18-15-2-1-10(5-21-15)12-6-19-7-13-16(12)22-14(8-20-13)17(25)23-4-3-11(24)9-23/h1-2,5-8,11,24H,3-4,9H2. The summed E-state index contributed by atoms with van der Waals surface area (Å²) in [6, 6.07) is 3.50. The first kappa shape index (κ1) is 15.9. The molecule has 3 aromatic heterocycles. The normalized spacial score (nSPS) is 17.2. The largest absolute Gasteiger partial charge is 0.391 e. The van der Waals surface area contributed by atoms with E-state index in [1.807, 2.05) is 6.07 Å². The molecule has 4 heterocycles. The molecule has 7 nitrogen and oxygen atoms in total. The predicted octanol–water partition coefficient (Wildman–Crippen LogP) is 1.95. The van der Waals surface area contributed by atoms with Gasteiger partial charge >= 0.3 is 0 Å². The molecule has 1 unspecified atom stereocenters. The fourth-order valence-electron chi connectivity index (χ4n) is 2.87. The minimum Gasteiger partial charge on any atom is -0.391 e. The number of halogens is 1. The van der Waals surface area contributed by atoms with Gasteiger partial charge in [-0.3, -0.25) is 14.8 Å². The summed E-state index contributed by atoms with van der Waals surface area (Å²) in [5.41, 5.74) is 2.93. The van der Waals surface area contributed by atoms with Gasteiger partial charge in [-0.05, 0) is 18.6 Å². The zero-order valence-electron chi connectivity index (χ0n) is 13.1. The molecule has 0 aliphatic carbocycles. The molecule has 0 saturated carbocycles. The molecule has 0 aromatic carbocycles. The van der Waals surface area contributed by atoms with Gasteiger partial charge in [0.15, 0.2) is 0 Å². The van der Waals surface area contributed by atoms with Gasteiger partial charge in [-0.2, -0.15) is 0 Å². The molecule has 25 heavy (non-hydrogen) atoms. The number of rotatable bonds is 2. The zero-order chi connectivity index (χ0) is 17.4. The Kier molecular flexibility index (Phi) is 4.03. The van der Waals surface area contributed by atoms with Crippen LogP contribution in [0.15, 0.2) is 36.9 Å². The van der Waals surface area contributed by atoms with E-state index < -0.39 is 6.10 Å². The van der Waals surface area contributed by atoms with Gasteiger partial charge < -0.3 is 10.0 Å². The van der Waals surface area contributed by atoms with Crippen molar-refractivity contribution in [1.29, 1.82) is 0 Å². The summed E-state index contributed by atoms with van der Waals surface area (Å²) in [4.78, 5) is 31.3. The number of β-amino-alcohol motifs (C(OH)–C–C–N with tert-alkyl or cyclic N) is 1. The van der Waals surface area contributed by atoms with Crippen molar-refractivity contribution in [2.75, 3.05) is 13.1 Å². The molecule has 1 atom stereocenters. The van der Waals surface area contributed by atoms with Gasteiger partial charge in [-0.25, -0.2) is 9.97 Å². The molecule has 1 aliphatic heterocycles. The van der Waals surface area contributed by atoms with Crippen molar-refractivity contribution in [2.24, 2.45) is 0 Å². The first-order chi connectivity index (χ1) is 12.1. The first-order valence-corrected chi connectivity index (χ1v) is 8.19. The molecule has 0 radical (unpaired) electrons. The van der Waals surface area contributed by atoms with Crippen LogP contribution >= 0.6 is 11.6 Å². The van der Waals surface area contributed by atoms with E-state index in [-0.39, 0.29) is 11.6 Å². The second kappa shape index (κ2) is 6.34. The van der Waals surface area contributed by atoms with E-state index in [9.17, 15) is 9.90 Å². The maximum Gasteiger partial charge on any atom is 0.274 e. The number of hydrogen-bond donors (Lipinski definition) is 1. The van der Waals surface area contributed by atoms with Crippen molar-refractivity contribution >= 4 is 28.5 Å². The van der Waals surface area contributed by atoms with E-state index in [0.717, 1.165) is 11.1 Å². The summed E-state index contributed by atoms with van der Waals surface area (Å²) >= 11 is 5.84. The number of amides is 1. The highest BCUT2D eigenvalue weighted by molar-refractivity contribution is 6.29. The van der Waals surface area contributed by atoms with Crippen molar-refractivity contribution in [3.8, 4) is 11.1 Å². The molecule has 1 aliphatic rings. The van der Waals surface area contributed by atoms with Crippen molar-refractivity contribution in [2.45, 2.75) is 12.5 Å². The van der Waals surface area contributed by atoms with Crippen molar-refractivity contribution in [1.82, 2.24) is 24.8 Å². The van der Waals surface area contributed by atoms with Gasteiger partial charge in [0.05, 0.1) is 18.5 Å². The Morgan fingerprint density at radius 1 is 1.20 bits per heavy atom. The van der Waals surface area contributed by atoms with E-state index in [2.05, 4.69) is 19.9 Å². The van der Waals surface area contributed by atoms with Crippen LogP contribution in [0.4, 0.5) is 0 Å². The van der Waals surface area contributed by atoms with E-state index >= 15 is 0 Å². The Balaban J connectivity index is 1.78. The van der Waals surface area contributed by atoms with Crippen LogP contribution < -0.4 is 0 Å². The Morgan fingerprint density at radius 2 is 2.08 bits per heavy atom. The van der Waals surface area contributed by atoms with Crippen molar-refractivity contribution < 1.29 is 9.90 Å². The fraction of sp³-hybridized carbons (Fsp3) is 0.235. The lowest BCUT2D eigenvalue weighted by molar-refractivity contribution is 0.0759. The Labute approximate surface area is 148 Å². The Bertz CT molecular complexity index is 947. The van der Waals surface area contributed by atoms with Crippen LogP contribution in [0, 0.1) is 0 Å². The molecule has 1 saturated heterocycles. The average Bonchev–Trinajstić information content (AvgIpc) is 3.07. The van der Waals surface area contributed by atoms with Crippen LogP contribution in [0.3, 0.4) is 0 Å². The van der Waals surface area contributed by atoms with Gasteiger partial charge in [-0.1, -0.05) is 11.6 Å². The van der Waals surface area contributed by atoms with Crippen LogP contribution in [0.5, 0.6) is 0 Å². The highest BCUT2D eigenvalue weighted by Gasteiger charge is 2.26. The summed E-state index contributed by atoms with van der Waals surface area (Å²) in [5, 5.41) is 10.0. The van der Waals surface area contributed by atoms with Crippen LogP contribution in [-0.4, -0.2) is 55.0 Å². The number of aromatic nitrogens is 4. The molecule has 4 rings (SSSR count). The number of carbonyl (C=O) groups is 1. The number of hydrogen-bond acceptors (Lipinski definition) is 6. The molecule has 1 amide bonds. The van der Waals surface area contributed by atoms with Crippen molar-refractivity contribution in [3.63, 3.8) is 0 Å². The lowest BCUT2D eigenvalue weighted by atomic mass is 10.1. The van der Waals surface area contributed by atoms with Gasteiger partial charge in [0.25, 0.3) is 5.91 Å². The summed E-state index contributed by atoms with van der Waals surface area (Å²) in [7, 11) is 0. The average molecular weight is 356 g/mol. The minimum absolute atomic E-state index is 0.233. The maximum absolute atomic E-state index is 12.6. The monoisotopic (exact) mass is 355 g/mol. The first-order valence-electron chi connectivity index (χ1n) is 7.82. The third-order valence-electron chi connectivity index (χ3n) is 4.16. The number of pyridine rings is 2. The molecule has 1 N–H and O–H groups in total. The van der Waals surface area contributed by atoms with Crippen LogP contribution in [0.1, 0.15) is 16.9 Å². The second-order valence-corrected chi connectivity index (χ2v) is 6.26. The maximum atomic E-state index is 12.6. The van der Waals surface area contributed by atoms with Gasteiger partial charge in [0.2, 0.25) is 0 Å². The summed E-state index contributed by atoms with van der Waals surface area (Å²) in [5.74, 6) is -0.233. The smallest absolute Gasteiger partial charge is 0.274 e. The topological polar surface area (TPSA) is 92.1 Å². The van der Waals surface area contributed by atoms with Crippen LogP contribution in [0.25, 0.3) is 22.2 Å². The van der Waals surface area contributed by atoms with E-state index in [0.29, 0.717) is 35.7 Å². The third-order valence-corrected chi connectivity index (χ3v) is 4.39. The zero-order valence-corrected chi connectivity index (χ0v) is 13.9. The van der Waals surface area contributed by atoms with E-state index in [4.69, 9.17) is 11.6 Å². The van der Waals surface area contributed by atoms with Crippen molar-refractivity contribution in [3.05, 3.63) is 47.8 Å². The van der Waals surface area contributed by atoms with Crippen LogP contribution in [-0.2, 0) is 0 Å². The van der Waals surface area contributed by atoms with E-state index in [1.54, 1.807) is 29.6 Å². The van der Waals surface area contributed by atoms with Gasteiger partial charge in [0, 0.05) is 36.6 Å². The molecule has 0 spiro atoms. The predicted molar refractivity (Wildman–Crippen MR) is 92.1 cm³/mol. The molecule has 0 bridgehead atoms. The second-order valence-electron chi connectivity index (χ2n) is 5.87. The number of likely N-dealkylation sites (tertiary alicyclic amines) is 1. The number of fused-ring (bicyclic) bond motifs is 1. The number of aliphatic hydroxyl groups excluding tert-OH is 1. The molecule has 3 aromatic rings. The molecule has 1 fully saturated rings. The van der Waals surface area contributed by atoms with Crippen LogP contribution in [0.2, 0.25) is 5.15 Å². The molecule has 126 valence electrons. The van der Waals surface area contributed by atoms with E-state index in [1.165, 1.54) is 6.20 Å². The summed E-state index contributed by atoms with van der Waals surface area (Å²) in [6.07, 6.45) is 6.45. The quantitative estimate of drug-likeness (QED) is 0.706. The highest BCUT2D eigenvalue weighted by atomic mass is 35.5. The lowest BCUT2D eigenvalue weighted by Gasteiger charge is -2.15.